The van der Waals surface area contributed by atoms with Crippen LogP contribution in [0.3, 0.4) is 0 Å². The summed E-state index contributed by atoms with van der Waals surface area (Å²) < 4.78 is 11.9. The zero-order chi connectivity index (χ0) is 16.5. The number of methoxy groups -OCH3 is 1. The number of nitrogens with zero attached hydrogens (tertiary/aromatic N) is 1. The highest BCUT2D eigenvalue weighted by Crippen LogP contribution is 2.21. The van der Waals surface area contributed by atoms with Gasteiger partial charge in [-0.05, 0) is 52.3 Å². The van der Waals surface area contributed by atoms with Gasteiger partial charge in [0.05, 0.1) is 24.0 Å². The highest BCUT2D eigenvalue weighted by atomic mass is 79.9. The van der Waals surface area contributed by atoms with E-state index in [1.54, 1.807) is 25.5 Å². The maximum atomic E-state index is 5.66. The summed E-state index contributed by atoms with van der Waals surface area (Å²) in [6, 6.07) is 11.7. The highest BCUT2D eigenvalue weighted by Gasteiger charge is 2.01. The topological polar surface area (TPSA) is 54.9 Å². The Bertz CT molecular complexity index is 629. The number of nitrogens with one attached hydrogen (secondary N) is 2. The summed E-state index contributed by atoms with van der Waals surface area (Å²) in [6.07, 6.45) is 0. The number of thiophene rings is 1. The fraction of sp³-hybridized carbons (Fsp3) is 0.312. The van der Waals surface area contributed by atoms with Gasteiger partial charge in [-0.25, -0.2) is 0 Å². The van der Waals surface area contributed by atoms with Gasteiger partial charge in [-0.3, -0.25) is 4.99 Å². The normalized spacial score (nSPS) is 11.2. The number of hydrogen-bond acceptors (Lipinski definition) is 4. The van der Waals surface area contributed by atoms with Crippen molar-refractivity contribution < 1.29 is 9.47 Å². The molecule has 5 nitrogen and oxygen atoms in total. The van der Waals surface area contributed by atoms with Gasteiger partial charge < -0.3 is 20.1 Å². The molecule has 0 spiro atoms. The van der Waals surface area contributed by atoms with E-state index in [2.05, 4.69) is 37.6 Å². The van der Waals surface area contributed by atoms with E-state index in [4.69, 9.17) is 9.47 Å². The van der Waals surface area contributed by atoms with Crippen LogP contribution < -0.4 is 20.1 Å². The Balaban J connectivity index is 1.67. The second-order valence-corrected chi connectivity index (χ2v) is 7.13. The number of halogens is 1. The second-order valence-electron chi connectivity index (χ2n) is 4.58. The first-order valence-electron chi connectivity index (χ1n) is 7.17. The van der Waals surface area contributed by atoms with Crippen LogP contribution >= 0.6 is 27.3 Å². The van der Waals surface area contributed by atoms with Crippen LogP contribution in [0.5, 0.6) is 11.5 Å². The Labute approximate surface area is 148 Å². The predicted molar refractivity (Wildman–Crippen MR) is 98.7 cm³/mol. The molecule has 0 amide bonds. The molecule has 1 aromatic heterocycles. The molecule has 124 valence electrons. The average Bonchev–Trinajstić information content (AvgIpc) is 3.00. The van der Waals surface area contributed by atoms with Gasteiger partial charge >= 0.3 is 0 Å². The lowest BCUT2D eigenvalue weighted by Gasteiger charge is -2.12. The molecule has 0 atom stereocenters. The molecule has 1 heterocycles. The van der Waals surface area contributed by atoms with Crippen molar-refractivity contribution >= 4 is 33.2 Å². The smallest absolute Gasteiger partial charge is 0.191 e. The minimum absolute atomic E-state index is 0.553. The van der Waals surface area contributed by atoms with Gasteiger partial charge in [-0.1, -0.05) is 0 Å². The number of hydrogen-bond donors (Lipinski definition) is 2. The summed E-state index contributed by atoms with van der Waals surface area (Å²) in [7, 11) is 3.40. The van der Waals surface area contributed by atoms with Gasteiger partial charge in [-0.2, -0.15) is 0 Å². The Hall–Kier alpha value is -1.73. The van der Waals surface area contributed by atoms with E-state index >= 15 is 0 Å². The number of ether oxygens (including phenoxy) is 2. The SMILES string of the molecule is CN=C(NCCOc1ccc(OC)cc1)NCc1ccc(Br)s1. The monoisotopic (exact) mass is 397 g/mol. The Morgan fingerprint density at radius 2 is 1.87 bits per heavy atom. The first kappa shape index (κ1) is 17.6. The molecule has 2 aromatic rings. The van der Waals surface area contributed by atoms with Crippen molar-refractivity contribution in [2.45, 2.75) is 6.54 Å². The average molecular weight is 398 g/mol. The van der Waals surface area contributed by atoms with Crippen molar-refractivity contribution in [3.63, 3.8) is 0 Å². The van der Waals surface area contributed by atoms with Crippen LogP contribution in [0.2, 0.25) is 0 Å². The molecule has 7 heteroatoms. The molecule has 0 fully saturated rings. The van der Waals surface area contributed by atoms with Crippen molar-refractivity contribution in [2.75, 3.05) is 27.3 Å². The Morgan fingerprint density at radius 3 is 2.48 bits per heavy atom. The standard InChI is InChI=1S/C16H20BrN3O2S/c1-18-16(20-11-14-7-8-15(17)23-14)19-9-10-22-13-5-3-12(21-2)4-6-13/h3-8H,9-11H2,1-2H3,(H2,18,19,20). The van der Waals surface area contributed by atoms with Crippen LogP contribution in [-0.4, -0.2) is 33.3 Å². The van der Waals surface area contributed by atoms with Crippen LogP contribution in [0.4, 0.5) is 0 Å². The van der Waals surface area contributed by atoms with Crippen LogP contribution in [0.1, 0.15) is 4.88 Å². The molecular weight excluding hydrogens is 378 g/mol. The molecule has 23 heavy (non-hydrogen) atoms. The molecule has 0 bridgehead atoms. The first-order chi connectivity index (χ1) is 11.2. The van der Waals surface area contributed by atoms with Gasteiger partial charge in [0.1, 0.15) is 18.1 Å². The summed E-state index contributed by atoms with van der Waals surface area (Å²) in [6.45, 7) is 1.96. The maximum Gasteiger partial charge on any atom is 0.191 e. The van der Waals surface area contributed by atoms with Crippen LogP contribution in [-0.2, 0) is 6.54 Å². The summed E-state index contributed by atoms with van der Waals surface area (Å²) in [5.41, 5.74) is 0. The van der Waals surface area contributed by atoms with Crippen LogP contribution in [0.25, 0.3) is 0 Å². The lowest BCUT2D eigenvalue weighted by atomic mass is 10.3. The van der Waals surface area contributed by atoms with Crippen molar-refractivity contribution in [1.82, 2.24) is 10.6 Å². The molecular formula is C16H20BrN3O2S. The fourth-order valence-electron chi connectivity index (χ4n) is 1.85. The highest BCUT2D eigenvalue weighted by molar-refractivity contribution is 9.11. The molecule has 2 rings (SSSR count). The van der Waals surface area contributed by atoms with Gasteiger partial charge in [0.15, 0.2) is 5.96 Å². The lowest BCUT2D eigenvalue weighted by molar-refractivity contribution is 0.321. The number of rotatable bonds is 7. The fourth-order valence-corrected chi connectivity index (χ4v) is 3.27. The quantitative estimate of drug-likeness (QED) is 0.427. The minimum Gasteiger partial charge on any atom is -0.497 e. The van der Waals surface area contributed by atoms with E-state index in [9.17, 15) is 0 Å². The molecule has 1 aromatic carbocycles. The Morgan fingerprint density at radius 1 is 1.13 bits per heavy atom. The van der Waals surface area contributed by atoms with E-state index in [0.717, 1.165) is 27.8 Å². The first-order valence-corrected chi connectivity index (χ1v) is 8.78. The molecule has 2 N–H and O–H groups in total. The molecule has 0 aliphatic rings. The summed E-state index contributed by atoms with van der Waals surface area (Å²) >= 11 is 5.16. The molecule has 0 unspecified atom stereocenters. The van der Waals surface area contributed by atoms with E-state index in [-0.39, 0.29) is 0 Å². The lowest BCUT2D eigenvalue weighted by Crippen LogP contribution is -2.38. The number of benzene rings is 1. The van der Waals surface area contributed by atoms with E-state index < -0.39 is 0 Å². The second kappa shape index (κ2) is 9.42. The van der Waals surface area contributed by atoms with Crippen LogP contribution in [0.15, 0.2) is 45.2 Å². The minimum atomic E-state index is 0.553. The van der Waals surface area contributed by atoms with Crippen molar-refractivity contribution in [2.24, 2.45) is 4.99 Å². The summed E-state index contributed by atoms with van der Waals surface area (Å²) in [5.74, 6) is 2.40. The van der Waals surface area contributed by atoms with Crippen molar-refractivity contribution in [1.29, 1.82) is 0 Å². The number of guanidine groups is 1. The van der Waals surface area contributed by atoms with Gasteiger partial charge in [0, 0.05) is 11.9 Å². The van der Waals surface area contributed by atoms with E-state index in [1.165, 1.54) is 4.88 Å². The third-order valence-corrected chi connectivity index (χ3v) is 4.63. The van der Waals surface area contributed by atoms with E-state index in [0.29, 0.717) is 13.2 Å². The Kier molecular flexibility index (Phi) is 7.22. The van der Waals surface area contributed by atoms with Gasteiger partial charge in [0.2, 0.25) is 0 Å². The molecule has 0 radical (unpaired) electrons. The summed E-state index contributed by atoms with van der Waals surface area (Å²) in [5, 5.41) is 6.49. The molecule has 0 saturated heterocycles. The zero-order valence-corrected chi connectivity index (χ0v) is 15.5. The third kappa shape index (κ3) is 6.11. The van der Waals surface area contributed by atoms with E-state index in [1.807, 2.05) is 30.3 Å². The largest absolute Gasteiger partial charge is 0.497 e. The maximum absolute atomic E-state index is 5.66. The third-order valence-electron chi connectivity index (χ3n) is 3.01. The number of aliphatic imine (C=N–C) groups is 1. The zero-order valence-electron chi connectivity index (χ0n) is 13.1. The predicted octanol–water partition coefficient (Wildman–Crippen LogP) is 3.26. The summed E-state index contributed by atoms with van der Waals surface area (Å²) in [4.78, 5) is 5.44. The molecule has 0 aliphatic heterocycles. The van der Waals surface area contributed by atoms with Crippen molar-refractivity contribution in [3.8, 4) is 11.5 Å². The molecule has 0 saturated carbocycles. The van der Waals surface area contributed by atoms with Crippen LogP contribution in [0, 0.1) is 0 Å². The van der Waals surface area contributed by atoms with Gasteiger partial charge in [0.25, 0.3) is 0 Å². The van der Waals surface area contributed by atoms with Crippen molar-refractivity contribution in [3.05, 3.63) is 45.1 Å². The molecule has 0 aliphatic carbocycles. The van der Waals surface area contributed by atoms with Gasteiger partial charge in [-0.15, -0.1) is 11.3 Å².